The van der Waals surface area contributed by atoms with E-state index in [-0.39, 0.29) is 17.4 Å². The van der Waals surface area contributed by atoms with Crippen LogP contribution in [0.25, 0.3) is 10.2 Å². The smallest absolute Gasteiger partial charge is 0.266 e. The molecule has 0 aliphatic carbocycles. The molecule has 7 nitrogen and oxygen atoms in total. The number of benzene rings is 1. The normalized spacial score (nSPS) is 12.8. The number of hydrogen-bond donors (Lipinski definition) is 2. The molecule has 0 bridgehead atoms. The number of aryl methyl sites for hydroxylation is 2. The number of hydrogen-bond acceptors (Lipinski definition) is 5. The Morgan fingerprint density at radius 3 is 2.78 bits per heavy atom. The van der Waals surface area contributed by atoms with E-state index in [1.165, 1.54) is 18.4 Å². The van der Waals surface area contributed by atoms with Crippen molar-refractivity contribution in [3.63, 3.8) is 0 Å². The monoisotopic (exact) mass is 382 g/mol. The third-order valence-electron chi connectivity index (χ3n) is 4.76. The van der Waals surface area contributed by atoms with E-state index in [2.05, 4.69) is 15.6 Å². The van der Waals surface area contributed by atoms with E-state index in [0.717, 1.165) is 18.7 Å². The van der Waals surface area contributed by atoms with E-state index in [1.54, 1.807) is 35.8 Å². The predicted octanol–water partition coefficient (Wildman–Crippen LogP) is 2.32. The van der Waals surface area contributed by atoms with Crippen LogP contribution in [0.15, 0.2) is 29.1 Å². The van der Waals surface area contributed by atoms with Crippen molar-refractivity contribution < 1.29 is 9.59 Å². The molecule has 0 fully saturated rings. The SMILES string of the molecule is CNC(=O)c1ccccc1NC(=O)c1sc2nc3n(c(=O)c2c1C)CCC3. The molecular weight excluding hydrogens is 364 g/mol. The first-order valence-corrected chi connectivity index (χ1v) is 9.48. The maximum absolute atomic E-state index is 12.9. The van der Waals surface area contributed by atoms with Gasteiger partial charge in [-0.25, -0.2) is 4.98 Å². The quantitative estimate of drug-likeness (QED) is 0.727. The number of amides is 2. The summed E-state index contributed by atoms with van der Waals surface area (Å²) in [5.41, 5.74) is 1.35. The van der Waals surface area contributed by atoms with E-state index < -0.39 is 0 Å². The highest BCUT2D eigenvalue weighted by Gasteiger charge is 2.24. The predicted molar refractivity (Wildman–Crippen MR) is 105 cm³/mol. The molecular formula is C19H18N4O3S. The molecule has 8 heteroatoms. The van der Waals surface area contributed by atoms with Gasteiger partial charge in [-0.3, -0.25) is 19.0 Å². The van der Waals surface area contributed by atoms with Crippen LogP contribution >= 0.6 is 11.3 Å². The summed E-state index contributed by atoms with van der Waals surface area (Å²) in [6.45, 7) is 2.44. The molecule has 138 valence electrons. The average molecular weight is 382 g/mol. The summed E-state index contributed by atoms with van der Waals surface area (Å²) >= 11 is 1.21. The maximum Gasteiger partial charge on any atom is 0.266 e. The lowest BCUT2D eigenvalue weighted by Crippen LogP contribution is -2.22. The van der Waals surface area contributed by atoms with Crippen LogP contribution in [0.1, 0.15) is 37.8 Å². The van der Waals surface area contributed by atoms with Crippen molar-refractivity contribution in [1.82, 2.24) is 14.9 Å². The first-order chi connectivity index (χ1) is 13.0. The van der Waals surface area contributed by atoms with Crippen molar-refractivity contribution in [2.45, 2.75) is 26.3 Å². The summed E-state index contributed by atoms with van der Waals surface area (Å²) in [5.74, 6) is 0.150. The number of anilines is 1. The summed E-state index contributed by atoms with van der Waals surface area (Å²) in [7, 11) is 1.54. The number of para-hydroxylation sites is 1. The minimum Gasteiger partial charge on any atom is -0.355 e. The lowest BCUT2D eigenvalue weighted by Gasteiger charge is -2.09. The fraction of sp³-hybridized carbons (Fsp3) is 0.263. The molecule has 0 saturated heterocycles. The molecule has 2 aromatic heterocycles. The van der Waals surface area contributed by atoms with Crippen molar-refractivity contribution in [2.24, 2.45) is 0 Å². The molecule has 4 rings (SSSR count). The maximum atomic E-state index is 12.9. The highest BCUT2D eigenvalue weighted by atomic mass is 32.1. The minimum absolute atomic E-state index is 0.0777. The molecule has 3 aromatic rings. The topological polar surface area (TPSA) is 93.1 Å². The second-order valence-corrected chi connectivity index (χ2v) is 7.40. The Morgan fingerprint density at radius 1 is 1.22 bits per heavy atom. The van der Waals surface area contributed by atoms with Crippen LogP contribution in [0.5, 0.6) is 0 Å². The fourth-order valence-electron chi connectivity index (χ4n) is 3.40. The van der Waals surface area contributed by atoms with Gasteiger partial charge in [-0.15, -0.1) is 11.3 Å². The third-order valence-corrected chi connectivity index (χ3v) is 5.95. The highest BCUT2D eigenvalue weighted by molar-refractivity contribution is 7.20. The van der Waals surface area contributed by atoms with Crippen molar-refractivity contribution in [3.8, 4) is 0 Å². The van der Waals surface area contributed by atoms with Gasteiger partial charge in [-0.05, 0) is 31.0 Å². The van der Waals surface area contributed by atoms with Gasteiger partial charge >= 0.3 is 0 Å². The Kier molecular flexibility index (Phi) is 4.27. The molecule has 0 spiro atoms. The Morgan fingerprint density at radius 2 is 2.00 bits per heavy atom. The highest BCUT2D eigenvalue weighted by Crippen LogP contribution is 2.29. The van der Waals surface area contributed by atoms with Gasteiger partial charge in [0.2, 0.25) is 0 Å². The molecule has 2 N–H and O–H groups in total. The number of aromatic nitrogens is 2. The number of rotatable bonds is 3. The fourth-order valence-corrected chi connectivity index (χ4v) is 4.48. The Labute approximate surface area is 159 Å². The standard InChI is InChI=1S/C19H18N4O3S/c1-10-14-18(22-13-8-5-9-23(13)19(14)26)27-15(10)17(25)21-12-7-4-3-6-11(12)16(24)20-2/h3-4,6-7H,5,8-9H2,1-2H3,(H,20,24)(H,21,25). The minimum atomic E-state index is -0.351. The molecule has 1 aromatic carbocycles. The van der Waals surface area contributed by atoms with Crippen LogP contribution in [0.4, 0.5) is 5.69 Å². The van der Waals surface area contributed by atoms with Gasteiger partial charge in [0.25, 0.3) is 17.4 Å². The summed E-state index contributed by atoms with van der Waals surface area (Å²) < 4.78 is 1.70. The molecule has 27 heavy (non-hydrogen) atoms. The van der Waals surface area contributed by atoms with Gasteiger partial charge < -0.3 is 10.6 Å². The summed E-state index contributed by atoms with van der Waals surface area (Å²) in [6.07, 6.45) is 1.70. The van der Waals surface area contributed by atoms with Gasteiger partial charge in [0.05, 0.1) is 21.5 Å². The third kappa shape index (κ3) is 2.82. The molecule has 2 amide bonds. The lowest BCUT2D eigenvalue weighted by molar-refractivity contribution is 0.0964. The van der Waals surface area contributed by atoms with Crippen molar-refractivity contribution in [3.05, 3.63) is 56.4 Å². The van der Waals surface area contributed by atoms with Crippen molar-refractivity contribution in [1.29, 1.82) is 0 Å². The van der Waals surface area contributed by atoms with Gasteiger partial charge in [0.1, 0.15) is 10.7 Å². The van der Waals surface area contributed by atoms with Crippen LogP contribution in [-0.4, -0.2) is 28.4 Å². The Hall–Kier alpha value is -3.00. The Bertz CT molecular complexity index is 1150. The molecule has 0 radical (unpaired) electrons. The largest absolute Gasteiger partial charge is 0.355 e. The van der Waals surface area contributed by atoms with E-state index in [0.29, 0.717) is 38.5 Å². The van der Waals surface area contributed by atoms with Crippen molar-refractivity contribution in [2.75, 3.05) is 12.4 Å². The van der Waals surface area contributed by atoms with E-state index in [9.17, 15) is 14.4 Å². The number of carbonyl (C=O) groups is 2. The number of thiophene rings is 1. The number of nitrogens with zero attached hydrogens (tertiary/aromatic N) is 2. The van der Waals surface area contributed by atoms with Crippen LogP contribution in [0.3, 0.4) is 0 Å². The zero-order chi connectivity index (χ0) is 19.1. The number of fused-ring (bicyclic) bond motifs is 2. The molecule has 0 saturated carbocycles. The lowest BCUT2D eigenvalue weighted by atomic mass is 10.1. The number of carbonyl (C=O) groups excluding carboxylic acids is 2. The average Bonchev–Trinajstić information content (AvgIpc) is 3.26. The molecule has 3 heterocycles. The molecule has 1 aliphatic heterocycles. The zero-order valence-corrected chi connectivity index (χ0v) is 15.8. The van der Waals surface area contributed by atoms with E-state index in [1.807, 2.05) is 0 Å². The van der Waals surface area contributed by atoms with Gasteiger partial charge in [-0.1, -0.05) is 12.1 Å². The zero-order valence-electron chi connectivity index (χ0n) is 15.0. The van der Waals surface area contributed by atoms with E-state index >= 15 is 0 Å². The first-order valence-electron chi connectivity index (χ1n) is 8.66. The first kappa shape index (κ1) is 17.4. The van der Waals surface area contributed by atoms with Crippen molar-refractivity contribution >= 4 is 39.1 Å². The van der Waals surface area contributed by atoms with Crippen LogP contribution in [-0.2, 0) is 13.0 Å². The molecule has 0 unspecified atom stereocenters. The van der Waals surface area contributed by atoms with Crippen LogP contribution in [0, 0.1) is 6.92 Å². The summed E-state index contributed by atoms with van der Waals surface area (Å²) in [5, 5.41) is 5.86. The van der Waals surface area contributed by atoms with Crippen LogP contribution in [0.2, 0.25) is 0 Å². The van der Waals surface area contributed by atoms with E-state index in [4.69, 9.17) is 0 Å². The molecule has 1 aliphatic rings. The van der Waals surface area contributed by atoms with Gasteiger partial charge in [-0.2, -0.15) is 0 Å². The van der Waals surface area contributed by atoms with Gasteiger partial charge in [0, 0.05) is 20.0 Å². The summed E-state index contributed by atoms with van der Waals surface area (Å²) in [4.78, 5) is 43.2. The van der Waals surface area contributed by atoms with Crippen LogP contribution < -0.4 is 16.2 Å². The second kappa shape index (κ2) is 6.62. The molecule has 0 atom stereocenters. The second-order valence-electron chi connectivity index (χ2n) is 6.40. The Balaban J connectivity index is 1.75. The van der Waals surface area contributed by atoms with Gasteiger partial charge in [0.15, 0.2) is 0 Å². The number of nitrogens with one attached hydrogen (secondary N) is 2. The summed E-state index contributed by atoms with van der Waals surface area (Å²) in [6, 6.07) is 6.80.